The number of nitrogens with one attached hydrogen (secondary N) is 2. The number of pyridine rings is 1. The van der Waals surface area contributed by atoms with Gasteiger partial charge in [-0.05, 0) is 25.1 Å². The number of H-pyrrole nitrogens is 1. The Kier molecular flexibility index (Phi) is 4.50. The van der Waals surface area contributed by atoms with E-state index in [-0.39, 0.29) is 11.8 Å². The molecular weight excluding hydrogens is 323 g/mol. The van der Waals surface area contributed by atoms with Gasteiger partial charge in [-0.2, -0.15) is 0 Å². The third kappa shape index (κ3) is 3.29. The summed E-state index contributed by atoms with van der Waals surface area (Å²) in [6.07, 6.45) is 3.67. The molecule has 7 heteroatoms. The average Bonchev–Trinajstić information content (AvgIpc) is 3.09. The molecule has 0 aromatic carbocycles. The Morgan fingerprint density at radius 1 is 1.32 bits per heavy atom. The summed E-state index contributed by atoms with van der Waals surface area (Å²) in [5.74, 6) is -0.296. The van der Waals surface area contributed by atoms with Crippen LogP contribution in [0, 0.1) is 5.82 Å². The molecular formula is C18H21FN4O2. The predicted molar refractivity (Wildman–Crippen MR) is 90.9 cm³/mol. The van der Waals surface area contributed by atoms with Crippen molar-refractivity contribution in [2.75, 3.05) is 39.4 Å². The van der Waals surface area contributed by atoms with E-state index in [4.69, 9.17) is 4.74 Å². The number of aromatic nitrogens is 2. The van der Waals surface area contributed by atoms with Gasteiger partial charge in [0.25, 0.3) is 5.91 Å². The first kappa shape index (κ1) is 16.2. The van der Waals surface area contributed by atoms with Gasteiger partial charge in [0.15, 0.2) is 5.82 Å². The molecule has 0 aliphatic carbocycles. The van der Waals surface area contributed by atoms with E-state index < -0.39 is 5.82 Å². The molecule has 1 atom stereocenters. The van der Waals surface area contributed by atoms with E-state index in [0.29, 0.717) is 23.4 Å². The minimum atomic E-state index is -0.397. The Hall–Kier alpha value is -2.25. The summed E-state index contributed by atoms with van der Waals surface area (Å²) < 4.78 is 19.4. The summed E-state index contributed by atoms with van der Waals surface area (Å²) in [4.78, 5) is 21.7. The van der Waals surface area contributed by atoms with Crippen molar-refractivity contribution in [1.29, 1.82) is 0 Å². The first-order valence-corrected chi connectivity index (χ1v) is 8.63. The molecule has 1 fully saturated rings. The van der Waals surface area contributed by atoms with Gasteiger partial charge in [-0.1, -0.05) is 0 Å². The molecule has 132 valence electrons. The molecule has 4 heterocycles. The molecule has 2 N–H and O–H groups in total. The highest BCUT2D eigenvalue weighted by Crippen LogP contribution is 2.31. The average molecular weight is 344 g/mol. The quantitative estimate of drug-likeness (QED) is 0.887. The van der Waals surface area contributed by atoms with E-state index in [0.717, 1.165) is 45.0 Å². The number of ether oxygens (including phenoxy) is 1. The first-order chi connectivity index (χ1) is 12.2. The van der Waals surface area contributed by atoms with Crippen LogP contribution in [-0.4, -0.2) is 60.2 Å². The zero-order chi connectivity index (χ0) is 17.2. The van der Waals surface area contributed by atoms with E-state index in [1.165, 1.54) is 6.20 Å². The lowest BCUT2D eigenvalue weighted by Gasteiger charge is -2.29. The predicted octanol–water partition coefficient (Wildman–Crippen LogP) is 1.77. The van der Waals surface area contributed by atoms with Gasteiger partial charge in [0, 0.05) is 48.7 Å². The van der Waals surface area contributed by atoms with Crippen LogP contribution in [0.1, 0.15) is 28.4 Å². The van der Waals surface area contributed by atoms with Crippen molar-refractivity contribution >= 4 is 5.91 Å². The van der Waals surface area contributed by atoms with Crippen LogP contribution in [0.15, 0.2) is 24.5 Å². The summed E-state index contributed by atoms with van der Waals surface area (Å²) in [7, 11) is 0. The van der Waals surface area contributed by atoms with Crippen LogP contribution in [0.25, 0.3) is 11.3 Å². The number of rotatable bonds is 4. The van der Waals surface area contributed by atoms with Crippen LogP contribution in [0.4, 0.5) is 4.39 Å². The van der Waals surface area contributed by atoms with Gasteiger partial charge in [-0.15, -0.1) is 0 Å². The van der Waals surface area contributed by atoms with Crippen molar-refractivity contribution in [3.05, 3.63) is 41.6 Å². The number of hydrogen-bond acceptors (Lipinski definition) is 4. The van der Waals surface area contributed by atoms with Crippen LogP contribution in [0.5, 0.6) is 0 Å². The van der Waals surface area contributed by atoms with Crippen molar-refractivity contribution < 1.29 is 13.9 Å². The number of carbonyl (C=O) groups is 1. The smallest absolute Gasteiger partial charge is 0.253 e. The minimum absolute atomic E-state index is 0.102. The van der Waals surface area contributed by atoms with Crippen LogP contribution in [0.3, 0.4) is 0 Å². The number of amides is 1. The Morgan fingerprint density at radius 3 is 2.96 bits per heavy atom. The highest BCUT2D eigenvalue weighted by atomic mass is 19.1. The molecule has 0 saturated carbocycles. The van der Waals surface area contributed by atoms with Gasteiger partial charge >= 0.3 is 0 Å². The molecule has 2 aromatic rings. The van der Waals surface area contributed by atoms with Crippen molar-refractivity contribution in [3.8, 4) is 11.3 Å². The van der Waals surface area contributed by atoms with E-state index in [2.05, 4.69) is 20.2 Å². The summed E-state index contributed by atoms with van der Waals surface area (Å²) in [6, 6.07) is 3.36. The number of morpholine rings is 1. The van der Waals surface area contributed by atoms with Crippen molar-refractivity contribution in [3.63, 3.8) is 0 Å². The Labute approximate surface area is 145 Å². The summed E-state index contributed by atoms with van der Waals surface area (Å²) >= 11 is 0. The fraction of sp³-hybridized carbons (Fsp3) is 0.444. The normalized spacial score (nSPS) is 21.0. The standard InChI is InChI=1S/C18H21FN4O2/c19-15-11-20-3-1-13(15)16-9-14-17(22-16)12(10-21-18(14)24)2-4-23-5-7-25-8-6-23/h1,3,9,11-12,22H,2,4-8,10H2,(H,21,24). The largest absolute Gasteiger partial charge is 0.379 e. The number of fused-ring (bicyclic) bond motifs is 1. The maximum Gasteiger partial charge on any atom is 0.253 e. The number of hydrogen-bond donors (Lipinski definition) is 2. The summed E-state index contributed by atoms with van der Waals surface area (Å²) in [5, 5.41) is 2.95. The van der Waals surface area contributed by atoms with Crippen LogP contribution >= 0.6 is 0 Å². The molecule has 4 rings (SSSR count). The minimum Gasteiger partial charge on any atom is -0.379 e. The van der Waals surface area contributed by atoms with E-state index in [1.54, 1.807) is 18.3 Å². The van der Waals surface area contributed by atoms with Gasteiger partial charge in [-0.3, -0.25) is 14.7 Å². The zero-order valence-electron chi connectivity index (χ0n) is 13.9. The second-order valence-corrected chi connectivity index (χ2v) is 6.52. The van der Waals surface area contributed by atoms with Gasteiger partial charge < -0.3 is 15.0 Å². The van der Waals surface area contributed by atoms with Gasteiger partial charge in [-0.25, -0.2) is 4.39 Å². The van der Waals surface area contributed by atoms with Crippen molar-refractivity contribution in [1.82, 2.24) is 20.2 Å². The Morgan fingerprint density at radius 2 is 2.16 bits per heavy atom. The lowest BCUT2D eigenvalue weighted by molar-refractivity contribution is 0.0364. The number of nitrogens with zero attached hydrogens (tertiary/aromatic N) is 2. The molecule has 25 heavy (non-hydrogen) atoms. The van der Waals surface area contributed by atoms with Crippen LogP contribution in [-0.2, 0) is 4.74 Å². The fourth-order valence-electron chi connectivity index (χ4n) is 3.54. The zero-order valence-corrected chi connectivity index (χ0v) is 13.9. The monoisotopic (exact) mass is 344 g/mol. The molecule has 6 nitrogen and oxygen atoms in total. The molecule has 1 saturated heterocycles. The molecule has 0 bridgehead atoms. The fourth-order valence-corrected chi connectivity index (χ4v) is 3.54. The lowest BCUT2D eigenvalue weighted by atomic mass is 9.94. The van der Waals surface area contributed by atoms with Gasteiger partial charge in [0.05, 0.1) is 25.0 Å². The number of halogens is 1. The van der Waals surface area contributed by atoms with E-state index in [1.807, 2.05) is 0 Å². The van der Waals surface area contributed by atoms with E-state index >= 15 is 0 Å². The third-order valence-electron chi connectivity index (χ3n) is 4.97. The third-order valence-corrected chi connectivity index (χ3v) is 4.97. The highest BCUT2D eigenvalue weighted by Gasteiger charge is 2.29. The summed E-state index contributed by atoms with van der Waals surface area (Å²) in [6.45, 7) is 5.02. The molecule has 1 unspecified atom stereocenters. The van der Waals surface area contributed by atoms with Crippen molar-refractivity contribution in [2.24, 2.45) is 0 Å². The van der Waals surface area contributed by atoms with Crippen molar-refractivity contribution in [2.45, 2.75) is 12.3 Å². The first-order valence-electron chi connectivity index (χ1n) is 8.63. The topological polar surface area (TPSA) is 70.2 Å². The lowest BCUT2D eigenvalue weighted by Crippen LogP contribution is -2.39. The van der Waals surface area contributed by atoms with Gasteiger partial charge in [0.1, 0.15) is 0 Å². The maximum atomic E-state index is 14.0. The second-order valence-electron chi connectivity index (χ2n) is 6.52. The highest BCUT2D eigenvalue weighted by molar-refractivity contribution is 5.98. The molecule has 0 radical (unpaired) electrons. The second kappa shape index (κ2) is 6.93. The maximum absolute atomic E-state index is 14.0. The van der Waals surface area contributed by atoms with E-state index in [9.17, 15) is 9.18 Å². The van der Waals surface area contributed by atoms with Gasteiger partial charge in [0.2, 0.25) is 0 Å². The Balaban J connectivity index is 1.56. The molecule has 2 aliphatic heterocycles. The van der Waals surface area contributed by atoms with Crippen LogP contribution in [0.2, 0.25) is 0 Å². The number of carbonyl (C=O) groups excluding carboxylic acids is 1. The summed E-state index contributed by atoms with van der Waals surface area (Å²) in [5.41, 5.74) is 2.58. The molecule has 1 amide bonds. The molecule has 0 spiro atoms. The SMILES string of the molecule is O=C1NCC(CCN2CCOCC2)c2[nH]c(-c3ccncc3F)cc21. The molecule has 2 aliphatic rings. The van der Waals surface area contributed by atoms with Crippen LogP contribution < -0.4 is 5.32 Å². The Bertz CT molecular complexity index is 770. The number of aromatic amines is 1. The molecule has 2 aromatic heterocycles.